The van der Waals surface area contributed by atoms with Crippen LogP contribution in [0.5, 0.6) is 5.75 Å². The third-order valence-electron chi connectivity index (χ3n) is 5.38. The monoisotopic (exact) mass is 445 g/mol. The molecule has 0 saturated heterocycles. The predicted octanol–water partition coefficient (Wildman–Crippen LogP) is 6.00. The summed E-state index contributed by atoms with van der Waals surface area (Å²) < 4.78 is 7.27. The molecule has 0 unspecified atom stereocenters. The Labute approximate surface area is 192 Å². The number of carbonyl (C=O) groups is 1. The van der Waals surface area contributed by atoms with Crippen molar-refractivity contribution in [1.29, 1.82) is 0 Å². The van der Waals surface area contributed by atoms with Gasteiger partial charge in [-0.25, -0.2) is 4.98 Å². The number of aryl methyl sites for hydroxylation is 1. The number of nitrogens with one attached hydrogen (secondary N) is 1. The number of hydrogen-bond acceptors (Lipinski definition) is 3. The van der Waals surface area contributed by atoms with Crippen molar-refractivity contribution in [2.24, 2.45) is 0 Å². The molecule has 0 radical (unpaired) electrons. The molecule has 0 aliphatic rings. The van der Waals surface area contributed by atoms with E-state index in [1.807, 2.05) is 86.6 Å². The van der Waals surface area contributed by atoms with Crippen molar-refractivity contribution < 1.29 is 9.53 Å². The van der Waals surface area contributed by atoms with Crippen molar-refractivity contribution in [3.05, 3.63) is 94.8 Å². The SMILES string of the molecule is COc1ccc(CC(=O)Nc2ccc(-n3c(-c4ccc(Cl)cc4)nc(C)c3C)cc2)cc1. The normalized spacial score (nSPS) is 10.8. The van der Waals surface area contributed by atoms with Crippen LogP contribution < -0.4 is 10.1 Å². The summed E-state index contributed by atoms with van der Waals surface area (Å²) in [5, 5.41) is 3.65. The van der Waals surface area contributed by atoms with Crippen LogP contribution in [0.25, 0.3) is 17.1 Å². The summed E-state index contributed by atoms with van der Waals surface area (Å²) in [5.74, 6) is 1.56. The number of anilines is 1. The van der Waals surface area contributed by atoms with E-state index >= 15 is 0 Å². The number of imidazole rings is 1. The Morgan fingerprint density at radius 2 is 1.62 bits per heavy atom. The molecule has 1 aromatic heterocycles. The second-order valence-electron chi connectivity index (χ2n) is 7.57. The van der Waals surface area contributed by atoms with Gasteiger partial charge in [-0.1, -0.05) is 23.7 Å². The number of aromatic nitrogens is 2. The number of ether oxygens (including phenoxy) is 1. The molecule has 1 N–H and O–H groups in total. The summed E-state index contributed by atoms with van der Waals surface area (Å²) in [6.07, 6.45) is 0.298. The highest BCUT2D eigenvalue weighted by atomic mass is 35.5. The topological polar surface area (TPSA) is 56.1 Å². The van der Waals surface area contributed by atoms with Gasteiger partial charge in [0.2, 0.25) is 5.91 Å². The van der Waals surface area contributed by atoms with Gasteiger partial charge in [-0.15, -0.1) is 0 Å². The molecule has 1 amide bonds. The van der Waals surface area contributed by atoms with E-state index < -0.39 is 0 Å². The quantitative estimate of drug-likeness (QED) is 0.396. The van der Waals surface area contributed by atoms with E-state index in [0.717, 1.165) is 45.5 Å². The van der Waals surface area contributed by atoms with Gasteiger partial charge in [0.05, 0.1) is 19.2 Å². The number of carbonyl (C=O) groups excluding carboxylic acids is 1. The van der Waals surface area contributed by atoms with Crippen LogP contribution in [0.3, 0.4) is 0 Å². The van der Waals surface area contributed by atoms with Crippen LogP contribution in [-0.2, 0) is 11.2 Å². The lowest BCUT2D eigenvalue weighted by atomic mass is 10.1. The smallest absolute Gasteiger partial charge is 0.228 e. The van der Waals surface area contributed by atoms with Crippen LogP contribution in [0.4, 0.5) is 5.69 Å². The van der Waals surface area contributed by atoms with E-state index in [-0.39, 0.29) is 5.91 Å². The Morgan fingerprint density at radius 1 is 0.969 bits per heavy atom. The zero-order chi connectivity index (χ0) is 22.7. The molecule has 5 nitrogen and oxygen atoms in total. The molecule has 0 aliphatic carbocycles. The summed E-state index contributed by atoms with van der Waals surface area (Å²) in [4.78, 5) is 17.2. The maximum atomic E-state index is 12.4. The fourth-order valence-corrected chi connectivity index (χ4v) is 3.67. The fourth-order valence-electron chi connectivity index (χ4n) is 3.55. The summed E-state index contributed by atoms with van der Waals surface area (Å²) in [6.45, 7) is 4.05. The van der Waals surface area contributed by atoms with Crippen molar-refractivity contribution in [1.82, 2.24) is 9.55 Å². The van der Waals surface area contributed by atoms with Crippen LogP contribution in [0.2, 0.25) is 5.02 Å². The van der Waals surface area contributed by atoms with E-state index in [2.05, 4.69) is 9.88 Å². The van der Waals surface area contributed by atoms with Gasteiger partial charge < -0.3 is 10.1 Å². The Balaban J connectivity index is 1.52. The highest BCUT2D eigenvalue weighted by Crippen LogP contribution is 2.28. The predicted molar refractivity (Wildman–Crippen MR) is 129 cm³/mol. The van der Waals surface area contributed by atoms with E-state index in [9.17, 15) is 4.79 Å². The van der Waals surface area contributed by atoms with Crippen LogP contribution >= 0.6 is 11.6 Å². The molecule has 0 aliphatic heterocycles. The van der Waals surface area contributed by atoms with Gasteiger partial charge in [0.15, 0.2) is 0 Å². The van der Waals surface area contributed by atoms with Crippen molar-refractivity contribution >= 4 is 23.2 Å². The molecule has 3 aromatic carbocycles. The zero-order valence-electron chi connectivity index (χ0n) is 18.2. The van der Waals surface area contributed by atoms with E-state index in [1.54, 1.807) is 7.11 Å². The summed E-state index contributed by atoms with van der Waals surface area (Å²) in [7, 11) is 1.62. The first-order chi connectivity index (χ1) is 15.4. The molecule has 0 fully saturated rings. The summed E-state index contributed by atoms with van der Waals surface area (Å²) in [5.41, 5.74) is 5.66. The van der Waals surface area contributed by atoms with Gasteiger partial charge in [0, 0.05) is 27.7 Å². The van der Waals surface area contributed by atoms with Crippen molar-refractivity contribution in [2.45, 2.75) is 20.3 Å². The lowest BCUT2D eigenvalue weighted by molar-refractivity contribution is -0.115. The first-order valence-corrected chi connectivity index (χ1v) is 10.7. The molecular weight excluding hydrogens is 422 g/mol. The average Bonchev–Trinajstić information content (AvgIpc) is 3.09. The first kappa shape index (κ1) is 21.7. The highest BCUT2D eigenvalue weighted by Gasteiger charge is 2.15. The third kappa shape index (κ3) is 4.68. The molecule has 4 rings (SSSR count). The summed E-state index contributed by atoms with van der Waals surface area (Å²) >= 11 is 6.05. The maximum absolute atomic E-state index is 12.4. The van der Waals surface area contributed by atoms with Gasteiger partial charge in [0.1, 0.15) is 11.6 Å². The van der Waals surface area contributed by atoms with Gasteiger partial charge >= 0.3 is 0 Å². The molecule has 0 bridgehead atoms. The number of benzene rings is 3. The average molecular weight is 446 g/mol. The number of methoxy groups -OCH3 is 1. The highest BCUT2D eigenvalue weighted by molar-refractivity contribution is 6.30. The van der Waals surface area contributed by atoms with Gasteiger partial charge in [-0.2, -0.15) is 0 Å². The van der Waals surface area contributed by atoms with Crippen LogP contribution in [0.1, 0.15) is 17.0 Å². The molecule has 6 heteroatoms. The number of amides is 1. The molecule has 0 saturated carbocycles. The van der Waals surface area contributed by atoms with Crippen LogP contribution in [-0.4, -0.2) is 22.6 Å². The van der Waals surface area contributed by atoms with E-state index in [1.165, 1.54) is 0 Å². The Kier molecular flexibility index (Phi) is 6.28. The molecule has 0 spiro atoms. The minimum atomic E-state index is -0.0700. The van der Waals surface area contributed by atoms with Crippen molar-refractivity contribution in [3.63, 3.8) is 0 Å². The maximum Gasteiger partial charge on any atom is 0.228 e. The summed E-state index contributed by atoms with van der Waals surface area (Å²) in [6, 6.07) is 22.9. The Bertz CT molecular complexity index is 1230. The second kappa shape index (κ2) is 9.28. The lowest BCUT2D eigenvalue weighted by Crippen LogP contribution is -2.14. The molecule has 0 atom stereocenters. The molecule has 162 valence electrons. The number of hydrogen-bond donors (Lipinski definition) is 1. The molecule has 1 heterocycles. The molecule has 4 aromatic rings. The number of halogens is 1. The van der Waals surface area contributed by atoms with E-state index in [4.69, 9.17) is 21.3 Å². The Hall–Kier alpha value is -3.57. The fraction of sp³-hybridized carbons (Fsp3) is 0.154. The molecular formula is C26H24ClN3O2. The lowest BCUT2D eigenvalue weighted by Gasteiger charge is -2.12. The van der Waals surface area contributed by atoms with Gasteiger partial charge in [-0.3, -0.25) is 9.36 Å². The van der Waals surface area contributed by atoms with Crippen LogP contribution in [0, 0.1) is 13.8 Å². The first-order valence-electron chi connectivity index (χ1n) is 10.3. The standard InChI is InChI=1S/C26H24ClN3O2/c1-17-18(2)30(26(28-17)20-6-8-21(27)9-7-20)23-12-10-22(11-13-23)29-25(31)16-19-4-14-24(32-3)15-5-19/h4-15H,16H2,1-3H3,(H,29,31). The zero-order valence-corrected chi connectivity index (χ0v) is 19.0. The minimum absolute atomic E-state index is 0.0700. The largest absolute Gasteiger partial charge is 0.497 e. The van der Waals surface area contributed by atoms with E-state index in [0.29, 0.717) is 11.4 Å². The van der Waals surface area contributed by atoms with Crippen molar-refractivity contribution in [3.8, 4) is 22.8 Å². The van der Waals surface area contributed by atoms with Crippen LogP contribution in [0.15, 0.2) is 72.8 Å². The third-order valence-corrected chi connectivity index (χ3v) is 5.63. The number of rotatable bonds is 6. The van der Waals surface area contributed by atoms with Gasteiger partial charge in [0.25, 0.3) is 0 Å². The number of nitrogens with zero attached hydrogens (tertiary/aromatic N) is 2. The molecule has 32 heavy (non-hydrogen) atoms. The minimum Gasteiger partial charge on any atom is -0.497 e. The van der Waals surface area contributed by atoms with Gasteiger partial charge in [-0.05, 0) is 80.1 Å². The Morgan fingerprint density at radius 3 is 2.25 bits per heavy atom. The second-order valence-corrected chi connectivity index (χ2v) is 8.00. The van der Waals surface area contributed by atoms with Crippen molar-refractivity contribution in [2.75, 3.05) is 12.4 Å².